The molecule has 5 aliphatic rings. The molecule has 2 aliphatic heterocycles. The lowest BCUT2D eigenvalue weighted by Gasteiger charge is -2.37. The molecule has 3 heterocycles. The van der Waals surface area contributed by atoms with Gasteiger partial charge in [0, 0.05) is 72.8 Å². The summed E-state index contributed by atoms with van der Waals surface area (Å²) in [6, 6.07) is 30.9. The molecule has 540 valence electrons. The summed E-state index contributed by atoms with van der Waals surface area (Å²) in [4.78, 5) is 53.8. The van der Waals surface area contributed by atoms with E-state index in [0.717, 1.165) is 54.8 Å². The molecule has 1 aromatic heterocycles. The fraction of sp³-hybridized carbons (Fsp3) is 0.608. The molecule has 4 aromatic rings. The lowest BCUT2D eigenvalue weighted by Crippen LogP contribution is -2.44. The number of hydrogen-bond donors (Lipinski definition) is 3. The molecule has 19 nitrogen and oxygen atoms in total. The van der Waals surface area contributed by atoms with Crippen LogP contribution in [0.2, 0.25) is 0 Å². The maximum absolute atomic E-state index is 13.1. The first-order valence-electron chi connectivity index (χ1n) is 36.8. The number of benzene rings is 3. The van der Waals surface area contributed by atoms with Gasteiger partial charge in [0.25, 0.3) is 0 Å². The number of carbonyl (C=O) groups excluding carboxylic acids is 5. The Labute approximate surface area is 589 Å². The van der Waals surface area contributed by atoms with Crippen molar-refractivity contribution in [2.45, 2.75) is 281 Å². The summed E-state index contributed by atoms with van der Waals surface area (Å²) in [5.74, 6) is 3.03. The largest absolute Gasteiger partial charge is 0.440 e. The first-order valence-corrected chi connectivity index (χ1v) is 36.2. The van der Waals surface area contributed by atoms with Crippen molar-refractivity contribution in [2.24, 2.45) is 44.9 Å². The van der Waals surface area contributed by atoms with Gasteiger partial charge in [-0.2, -0.15) is 24.9 Å². The smallest absolute Gasteiger partial charge is 0.411 e. The van der Waals surface area contributed by atoms with E-state index in [2.05, 4.69) is 124 Å². The SMILES string of the molecule is C1=CCCCCCC1.CC(C)C1=C2CCCCCCC2C(C(C)O)=NN1.CC(C)C1=NN=C(C(C)OC(=O)N(Cc2ccccc2)C(C)C)C2CCCCCCC12.CC(C)NCc1ccccc1.CC(C)c1nnc(C(C)OC(=O)N(Cc2ccccc2)C(C)C)nn1.O=C=O.[3H]C=O. The van der Waals surface area contributed by atoms with E-state index in [9.17, 15) is 14.7 Å². The van der Waals surface area contributed by atoms with Crippen molar-refractivity contribution in [1.82, 2.24) is 40.9 Å². The van der Waals surface area contributed by atoms with E-state index in [1.807, 2.05) is 122 Å². The summed E-state index contributed by atoms with van der Waals surface area (Å²) < 4.78 is 17.0. The van der Waals surface area contributed by atoms with E-state index in [-0.39, 0.29) is 43.1 Å². The molecule has 3 aliphatic carbocycles. The molecular weight excluding hydrogens is 1230 g/mol. The van der Waals surface area contributed by atoms with Crippen LogP contribution in [0.25, 0.3) is 0 Å². The minimum absolute atomic E-state index is 0. The first kappa shape index (κ1) is 82.8. The van der Waals surface area contributed by atoms with Gasteiger partial charge in [0.1, 0.15) is 14.2 Å². The van der Waals surface area contributed by atoms with Crippen LogP contribution in [0.4, 0.5) is 9.59 Å². The van der Waals surface area contributed by atoms with Crippen molar-refractivity contribution < 1.29 is 39.9 Å². The van der Waals surface area contributed by atoms with Crippen molar-refractivity contribution >= 4 is 42.2 Å². The number of nitrogens with zero attached hydrogens (tertiary/aromatic N) is 9. The minimum atomic E-state index is -0.620. The molecule has 9 rings (SSSR count). The van der Waals surface area contributed by atoms with Crippen LogP contribution in [0.5, 0.6) is 0 Å². The molecule has 0 saturated heterocycles. The highest BCUT2D eigenvalue weighted by molar-refractivity contribution is 6.01. The third kappa shape index (κ3) is 31.1. The topological polar surface area (TPSA) is 243 Å². The molecule has 2 saturated carbocycles. The van der Waals surface area contributed by atoms with Crippen LogP contribution in [0.3, 0.4) is 0 Å². The quantitative estimate of drug-likeness (QED) is 0.0833. The summed E-state index contributed by atoms with van der Waals surface area (Å²) in [7, 11) is 0. The molecule has 0 spiro atoms. The molecule has 98 heavy (non-hydrogen) atoms. The van der Waals surface area contributed by atoms with Crippen LogP contribution < -0.4 is 10.7 Å². The van der Waals surface area contributed by atoms with Crippen LogP contribution in [-0.4, -0.2) is 108 Å². The fourth-order valence-electron chi connectivity index (χ4n) is 12.3. The summed E-state index contributed by atoms with van der Waals surface area (Å²) in [5.41, 5.74) is 12.6. The number of aromatic nitrogens is 4. The number of nitrogens with one attached hydrogen (secondary N) is 2. The molecule has 2 fully saturated rings. The number of aliphatic hydroxyl groups is 1. The molecule has 6 atom stereocenters. The van der Waals surface area contributed by atoms with Crippen LogP contribution >= 0.6 is 0 Å². The number of hydrazone groups is 1. The Hall–Kier alpha value is -7.60. The Morgan fingerprint density at radius 1 is 0.561 bits per heavy atom. The van der Waals surface area contributed by atoms with Crippen molar-refractivity contribution in [3.63, 3.8) is 0 Å². The molecule has 0 radical (unpaired) electrons. The third-order valence-corrected chi connectivity index (χ3v) is 17.7. The van der Waals surface area contributed by atoms with Crippen LogP contribution in [-0.2, 0) is 43.5 Å². The maximum atomic E-state index is 13.1. The number of ether oxygens (including phenoxy) is 2. The van der Waals surface area contributed by atoms with Crippen LogP contribution in [0.15, 0.2) is 130 Å². The van der Waals surface area contributed by atoms with E-state index in [1.165, 1.54) is 112 Å². The van der Waals surface area contributed by atoms with Gasteiger partial charge >= 0.3 is 18.3 Å². The van der Waals surface area contributed by atoms with E-state index in [1.54, 1.807) is 16.7 Å². The Morgan fingerprint density at radius 2 is 0.980 bits per heavy atom. The average molecular weight is 1350 g/mol. The fourth-order valence-corrected chi connectivity index (χ4v) is 12.3. The highest BCUT2D eigenvalue weighted by Gasteiger charge is 2.39. The Bertz CT molecular complexity index is 3070. The zero-order valence-electron chi connectivity index (χ0n) is 63.0. The van der Waals surface area contributed by atoms with Gasteiger partial charge in [-0.15, -0.1) is 20.4 Å². The van der Waals surface area contributed by atoms with Gasteiger partial charge in [0.2, 0.25) is 5.82 Å². The molecule has 3 N–H and O–H groups in total. The molecule has 19 heteroatoms. The number of amides is 2. The van der Waals surface area contributed by atoms with Gasteiger partial charge in [-0.05, 0) is 140 Å². The Balaban J connectivity index is 0.000000335. The Morgan fingerprint density at radius 3 is 1.42 bits per heavy atom. The third-order valence-electron chi connectivity index (χ3n) is 17.7. The van der Waals surface area contributed by atoms with Crippen molar-refractivity contribution in [3.05, 3.63) is 143 Å². The molecule has 2 amide bonds. The van der Waals surface area contributed by atoms with Gasteiger partial charge in [-0.1, -0.05) is 216 Å². The predicted molar refractivity (Wildman–Crippen MR) is 394 cm³/mol. The number of hydrogen-bond acceptors (Lipinski definition) is 17. The summed E-state index contributed by atoms with van der Waals surface area (Å²) in [6.07, 6.45) is 25.9. The second-order valence-electron chi connectivity index (χ2n) is 27.6. The van der Waals surface area contributed by atoms with E-state index in [0.29, 0.717) is 60.4 Å². The molecular formula is C79H121N11O8. The second kappa shape index (κ2) is 48.2. The highest BCUT2D eigenvalue weighted by Crippen LogP contribution is 2.37. The molecule has 6 unspecified atom stereocenters. The van der Waals surface area contributed by atoms with Gasteiger partial charge in [-0.3, -0.25) is 5.43 Å². The zero-order chi connectivity index (χ0) is 73.1. The maximum Gasteiger partial charge on any atom is 0.411 e. The average Bonchev–Trinajstić information content (AvgIpc) is 0.806. The standard InChI is InChI=1S/C26H39N3O2.C18H25N5O2.C15H26N2O.C10H15N.C8H14.CO2.CH2O/c1-18(2)24-22-15-11-6-7-12-16-23(22)25(28-27-24)20(5)31-26(30)29(19(3)4)17-21-13-9-8-10-14-21;1-12(2)16-19-21-17(22-20-16)14(5)25-18(24)23(13(3)4)11-15-9-7-6-8-10-15;1-10(2)14-12-8-6-4-5-7-9-13(12)15(11(3)18)17-16-14;1-9(2)11-8-10-6-4-3-5-7-10;1-2-4-6-8-7-5-3-1;2-1-3;1-2/h8-10,13-14,18-20,22-23H,6-7,11-12,15-17H2,1-5H3;6-10,12-14H,11H2,1-5H3;10-11,13,16,18H,4-9H2,1-3H3;3-7,9,11H,8H2,1-2H3;1-2H,3-8H2;;1H2/i;;;;;;1T. The molecule has 3 aromatic carbocycles. The predicted octanol–water partition coefficient (Wildman–Crippen LogP) is 17.5. The number of fused-ring (bicyclic) bond motifs is 2. The monoisotopic (exact) mass is 1350 g/mol. The summed E-state index contributed by atoms with van der Waals surface area (Å²) in [6.45, 7) is 32.5. The summed E-state index contributed by atoms with van der Waals surface area (Å²) in [5, 5.41) is 43.1. The van der Waals surface area contributed by atoms with E-state index in [4.69, 9.17) is 25.2 Å². The number of rotatable bonds is 17. The number of carbonyl (C=O) groups is 3. The zero-order valence-corrected chi connectivity index (χ0v) is 62.0. The second-order valence-corrected chi connectivity index (χ2v) is 27.6. The summed E-state index contributed by atoms with van der Waals surface area (Å²) >= 11 is 0. The highest BCUT2D eigenvalue weighted by atomic mass is 16.6. The number of aliphatic hydroxyl groups excluding tert-OH is 1. The van der Waals surface area contributed by atoms with Crippen LogP contribution in [0, 0.1) is 29.6 Å². The van der Waals surface area contributed by atoms with Gasteiger partial charge in [0.05, 0.1) is 17.5 Å². The first-order chi connectivity index (χ1) is 47.5. The molecule has 0 bridgehead atoms. The van der Waals surface area contributed by atoms with Crippen molar-refractivity contribution in [2.75, 3.05) is 0 Å². The minimum Gasteiger partial charge on any atom is -0.440 e. The van der Waals surface area contributed by atoms with Crippen LogP contribution in [0.1, 0.15) is 261 Å². The van der Waals surface area contributed by atoms with E-state index < -0.39 is 18.3 Å². The van der Waals surface area contributed by atoms with Crippen molar-refractivity contribution in [1.29, 1.82) is 0 Å². The van der Waals surface area contributed by atoms with Crippen molar-refractivity contribution in [3.8, 4) is 0 Å². The normalized spacial score (nSPS) is 18.4. The lowest BCUT2D eigenvalue weighted by molar-refractivity contribution is -0.191. The lowest BCUT2D eigenvalue weighted by atomic mass is 9.72. The van der Waals surface area contributed by atoms with E-state index >= 15 is 0 Å². The van der Waals surface area contributed by atoms with Gasteiger partial charge in [-0.25, -0.2) is 9.59 Å². The Kier molecular flexibility index (Phi) is 40.7. The van der Waals surface area contributed by atoms with Gasteiger partial charge in [0.15, 0.2) is 11.9 Å². The number of allylic oxidation sites excluding steroid dienone is 4. The van der Waals surface area contributed by atoms with Gasteiger partial charge < -0.3 is 34.5 Å².